The van der Waals surface area contributed by atoms with Gasteiger partial charge in [-0.15, -0.1) is 0 Å². The zero-order valence-electron chi connectivity index (χ0n) is 15.8. The Bertz CT molecular complexity index is 1190. The first-order valence-corrected chi connectivity index (χ1v) is 9.14. The molecule has 1 aliphatic heterocycles. The van der Waals surface area contributed by atoms with E-state index in [2.05, 4.69) is 5.32 Å². The molecule has 1 N–H and O–H groups in total. The number of benzene rings is 3. The highest BCUT2D eigenvalue weighted by molar-refractivity contribution is 6.46. The van der Waals surface area contributed by atoms with Crippen LogP contribution in [-0.2, 0) is 15.8 Å². The molecule has 3 aromatic carbocycles. The van der Waals surface area contributed by atoms with Crippen LogP contribution in [-0.4, -0.2) is 11.8 Å². The van der Waals surface area contributed by atoms with Gasteiger partial charge in [-0.1, -0.05) is 36.4 Å². The smallest absolute Gasteiger partial charge is 0.350 e. The SMILES string of the molecule is O=C1C(Nc2ccc(F)cc2)=C(c2ccccc2)C(=O)N1c1cccc(C(F)(F)F)c1. The lowest BCUT2D eigenvalue weighted by Gasteiger charge is -2.17. The summed E-state index contributed by atoms with van der Waals surface area (Å²) < 4.78 is 52.7. The van der Waals surface area contributed by atoms with Gasteiger partial charge in [-0.2, -0.15) is 13.2 Å². The van der Waals surface area contributed by atoms with E-state index in [0.717, 1.165) is 18.2 Å². The van der Waals surface area contributed by atoms with Gasteiger partial charge in [-0.25, -0.2) is 9.29 Å². The molecule has 31 heavy (non-hydrogen) atoms. The Hall–Kier alpha value is -3.94. The molecule has 8 heteroatoms. The molecule has 2 amide bonds. The molecule has 0 atom stereocenters. The standard InChI is InChI=1S/C23H14F4N2O2/c24-16-9-11-17(12-10-16)28-20-19(14-5-2-1-3-6-14)21(30)29(22(20)31)18-8-4-7-15(13-18)23(25,26)27/h1-13,28H. The van der Waals surface area contributed by atoms with Crippen molar-refractivity contribution in [1.29, 1.82) is 0 Å². The minimum absolute atomic E-state index is 0.00679. The zero-order chi connectivity index (χ0) is 22.2. The topological polar surface area (TPSA) is 49.4 Å². The Morgan fingerprint density at radius 3 is 2.10 bits per heavy atom. The maximum Gasteiger partial charge on any atom is 0.416 e. The number of amides is 2. The van der Waals surface area contributed by atoms with Gasteiger partial charge in [0.25, 0.3) is 11.8 Å². The normalized spacial score (nSPS) is 14.4. The van der Waals surface area contributed by atoms with E-state index in [0.29, 0.717) is 16.2 Å². The van der Waals surface area contributed by atoms with Crippen LogP contribution in [0.5, 0.6) is 0 Å². The van der Waals surface area contributed by atoms with E-state index in [9.17, 15) is 27.2 Å². The van der Waals surface area contributed by atoms with Crippen molar-refractivity contribution in [3.05, 3.63) is 102 Å². The van der Waals surface area contributed by atoms with Crippen molar-refractivity contribution in [1.82, 2.24) is 0 Å². The van der Waals surface area contributed by atoms with Gasteiger partial charge in [0, 0.05) is 5.69 Å². The van der Waals surface area contributed by atoms with E-state index in [1.54, 1.807) is 30.3 Å². The minimum Gasteiger partial charge on any atom is -0.350 e. The third kappa shape index (κ3) is 3.92. The van der Waals surface area contributed by atoms with Gasteiger partial charge in [-0.3, -0.25) is 9.59 Å². The molecule has 0 spiro atoms. The lowest BCUT2D eigenvalue weighted by Crippen LogP contribution is -2.32. The van der Waals surface area contributed by atoms with Gasteiger partial charge in [0.2, 0.25) is 0 Å². The fourth-order valence-electron chi connectivity index (χ4n) is 3.25. The number of rotatable bonds is 4. The van der Waals surface area contributed by atoms with Crippen LogP contribution in [0.4, 0.5) is 28.9 Å². The maximum atomic E-state index is 13.2. The summed E-state index contributed by atoms with van der Waals surface area (Å²) in [4.78, 5) is 27.1. The molecule has 1 heterocycles. The van der Waals surface area contributed by atoms with Gasteiger partial charge in [0.15, 0.2) is 0 Å². The van der Waals surface area contributed by atoms with Crippen LogP contribution >= 0.6 is 0 Å². The number of hydrogen-bond donors (Lipinski definition) is 1. The molecule has 1 aliphatic rings. The number of nitrogens with one attached hydrogen (secondary N) is 1. The fourth-order valence-corrected chi connectivity index (χ4v) is 3.25. The predicted molar refractivity (Wildman–Crippen MR) is 107 cm³/mol. The van der Waals surface area contributed by atoms with Crippen molar-refractivity contribution in [2.45, 2.75) is 6.18 Å². The molecule has 0 saturated carbocycles. The maximum absolute atomic E-state index is 13.2. The third-order valence-corrected chi connectivity index (χ3v) is 4.69. The van der Waals surface area contributed by atoms with Crippen LogP contribution in [0.3, 0.4) is 0 Å². The van der Waals surface area contributed by atoms with Crippen molar-refractivity contribution < 1.29 is 27.2 Å². The van der Waals surface area contributed by atoms with Crippen molar-refractivity contribution in [3.8, 4) is 0 Å². The van der Waals surface area contributed by atoms with Gasteiger partial charge in [-0.05, 0) is 48.0 Å². The largest absolute Gasteiger partial charge is 0.416 e. The Morgan fingerprint density at radius 1 is 0.774 bits per heavy atom. The van der Waals surface area contributed by atoms with Crippen molar-refractivity contribution in [2.75, 3.05) is 10.2 Å². The average Bonchev–Trinajstić information content (AvgIpc) is 2.99. The second-order valence-electron chi connectivity index (χ2n) is 6.74. The van der Waals surface area contributed by atoms with E-state index in [-0.39, 0.29) is 17.0 Å². The number of carbonyl (C=O) groups is 2. The Labute approximate surface area is 174 Å². The van der Waals surface area contributed by atoms with Crippen LogP contribution in [0.1, 0.15) is 11.1 Å². The highest BCUT2D eigenvalue weighted by Crippen LogP contribution is 2.36. The van der Waals surface area contributed by atoms with Gasteiger partial charge in [0.05, 0.1) is 16.8 Å². The third-order valence-electron chi connectivity index (χ3n) is 4.69. The van der Waals surface area contributed by atoms with Crippen LogP contribution in [0.2, 0.25) is 0 Å². The molecule has 3 aromatic rings. The van der Waals surface area contributed by atoms with E-state index in [1.165, 1.54) is 30.3 Å². The second-order valence-corrected chi connectivity index (χ2v) is 6.74. The molecule has 0 aromatic heterocycles. The predicted octanol–water partition coefficient (Wildman–Crippen LogP) is 5.24. The number of imide groups is 1. The van der Waals surface area contributed by atoms with E-state index >= 15 is 0 Å². The molecule has 4 nitrogen and oxygen atoms in total. The highest BCUT2D eigenvalue weighted by atomic mass is 19.4. The van der Waals surface area contributed by atoms with Gasteiger partial charge < -0.3 is 5.32 Å². The lowest BCUT2D eigenvalue weighted by atomic mass is 10.0. The summed E-state index contributed by atoms with van der Waals surface area (Å²) in [7, 11) is 0. The molecule has 0 unspecified atom stereocenters. The van der Waals surface area contributed by atoms with Crippen LogP contribution < -0.4 is 10.2 Å². The van der Waals surface area contributed by atoms with E-state index in [4.69, 9.17) is 0 Å². The van der Waals surface area contributed by atoms with Gasteiger partial charge in [0.1, 0.15) is 11.5 Å². The fraction of sp³-hybridized carbons (Fsp3) is 0.0435. The summed E-state index contributed by atoms with van der Waals surface area (Å²) >= 11 is 0. The number of alkyl halides is 3. The Kier molecular flexibility index (Phi) is 5.06. The number of halogens is 4. The summed E-state index contributed by atoms with van der Waals surface area (Å²) in [6, 6.07) is 17.4. The van der Waals surface area contributed by atoms with Gasteiger partial charge >= 0.3 is 6.18 Å². The lowest BCUT2D eigenvalue weighted by molar-refractivity contribution is -0.137. The monoisotopic (exact) mass is 426 g/mol. The second kappa shape index (κ2) is 7.71. The quantitative estimate of drug-likeness (QED) is 0.459. The van der Waals surface area contributed by atoms with Crippen molar-refractivity contribution >= 4 is 28.8 Å². The highest BCUT2D eigenvalue weighted by Gasteiger charge is 2.41. The molecule has 0 aliphatic carbocycles. The Balaban J connectivity index is 1.80. The van der Waals surface area contributed by atoms with Crippen LogP contribution in [0, 0.1) is 5.82 Å². The molecular formula is C23H14F4N2O2. The summed E-state index contributed by atoms with van der Waals surface area (Å²) in [5.41, 5.74) is -0.523. The summed E-state index contributed by atoms with van der Waals surface area (Å²) in [5.74, 6) is -2.06. The van der Waals surface area contributed by atoms with Crippen LogP contribution in [0.15, 0.2) is 84.6 Å². The number of carbonyl (C=O) groups excluding carboxylic acids is 2. The molecule has 4 rings (SSSR count). The molecule has 0 bridgehead atoms. The Morgan fingerprint density at radius 2 is 1.45 bits per heavy atom. The van der Waals surface area contributed by atoms with Crippen molar-refractivity contribution in [3.63, 3.8) is 0 Å². The average molecular weight is 426 g/mol. The first-order valence-electron chi connectivity index (χ1n) is 9.14. The summed E-state index contributed by atoms with van der Waals surface area (Å²) in [5, 5.41) is 2.82. The zero-order valence-corrected chi connectivity index (χ0v) is 15.8. The molecule has 0 fully saturated rings. The molecular weight excluding hydrogens is 412 g/mol. The molecule has 0 saturated heterocycles. The number of hydrogen-bond acceptors (Lipinski definition) is 3. The van der Waals surface area contributed by atoms with E-state index in [1.807, 2.05) is 0 Å². The minimum atomic E-state index is -4.63. The first-order chi connectivity index (χ1) is 14.8. The number of nitrogens with zero attached hydrogens (tertiary/aromatic N) is 1. The van der Waals surface area contributed by atoms with Crippen LogP contribution in [0.25, 0.3) is 5.57 Å². The summed E-state index contributed by atoms with van der Waals surface area (Å²) in [6.07, 6.45) is -4.63. The van der Waals surface area contributed by atoms with Crippen molar-refractivity contribution in [2.24, 2.45) is 0 Å². The molecule has 156 valence electrons. The number of anilines is 2. The van der Waals surface area contributed by atoms with E-state index < -0.39 is 29.4 Å². The first kappa shape index (κ1) is 20.3. The molecule has 0 radical (unpaired) electrons. The summed E-state index contributed by atoms with van der Waals surface area (Å²) in [6.45, 7) is 0.